The molecule has 0 aliphatic carbocycles. The van der Waals surface area contributed by atoms with Gasteiger partial charge in [-0.1, -0.05) is 11.6 Å². The zero-order chi connectivity index (χ0) is 19.4. The number of aromatic nitrogens is 1. The predicted molar refractivity (Wildman–Crippen MR) is 89.4 cm³/mol. The van der Waals surface area contributed by atoms with Gasteiger partial charge in [0.15, 0.2) is 18.1 Å². The number of alkyl halides is 3. The Morgan fingerprint density at radius 3 is 2.85 bits per heavy atom. The van der Waals surface area contributed by atoms with Crippen LogP contribution in [0.25, 0.3) is 0 Å². The van der Waals surface area contributed by atoms with E-state index in [9.17, 15) is 18.0 Å². The lowest BCUT2D eigenvalue weighted by atomic mass is 10.1. The first kappa shape index (κ1) is 19.1. The molecule has 2 heterocycles. The van der Waals surface area contributed by atoms with Crippen LogP contribution in [-0.2, 0) is 6.54 Å². The Balaban J connectivity index is 1.69. The van der Waals surface area contributed by atoms with Crippen molar-refractivity contribution < 1.29 is 32.2 Å². The molecule has 1 aromatic carbocycles. The van der Waals surface area contributed by atoms with Crippen molar-refractivity contribution in [2.45, 2.75) is 12.7 Å². The second kappa shape index (κ2) is 7.91. The Morgan fingerprint density at radius 1 is 1.30 bits per heavy atom. The maximum atomic E-state index is 12.3. The maximum Gasteiger partial charge on any atom is 0.422 e. The first-order valence-electron chi connectivity index (χ1n) is 7.84. The minimum atomic E-state index is -4.53. The molecule has 0 bridgehead atoms. The van der Waals surface area contributed by atoms with Crippen molar-refractivity contribution in [3.63, 3.8) is 0 Å². The largest absolute Gasteiger partial charge is 0.486 e. The van der Waals surface area contributed by atoms with Crippen LogP contribution in [0.4, 0.5) is 13.2 Å². The van der Waals surface area contributed by atoms with Gasteiger partial charge in [0.25, 0.3) is 5.91 Å². The molecular weight excluding hydrogens is 389 g/mol. The molecule has 0 radical (unpaired) electrons. The number of pyridine rings is 1. The Kier molecular flexibility index (Phi) is 5.59. The first-order chi connectivity index (χ1) is 12.8. The van der Waals surface area contributed by atoms with E-state index in [4.69, 9.17) is 21.1 Å². The number of hydrogen-bond donors (Lipinski definition) is 1. The third kappa shape index (κ3) is 4.94. The molecule has 1 aliphatic rings. The topological polar surface area (TPSA) is 69.7 Å². The summed E-state index contributed by atoms with van der Waals surface area (Å²) in [7, 11) is 0. The lowest BCUT2D eigenvalue weighted by Crippen LogP contribution is -2.25. The fraction of sp³-hybridized carbons (Fsp3) is 0.294. The molecule has 3 rings (SSSR count). The number of carbonyl (C=O) groups is 1. The van der Waals surface area contributed by atoms with E-state index in [2.05, 4.69) is 15.0 Å². The van der Waals surface area contributed by atoms with Crippen LogP contribution in [0.1, 0.15) is 15.9 Å². The maximum absolute atomic E-state index is 12.3. The smallest absolute Gasteiger partial charge is 0.422 e. The number of amides is 1. The summed E-state index contributed by atoms with van der Waals surface area (Å²) in [6, 6.07) is 6.03. The predicted octanol–water partition coefficient (Wildman–Crippen LogP) is 3.38. The summed E-state index contributed by atoms with van der Waals surface area (Å²) in [5.74, 6) is -0.125. The van der Waals surface area contributed by atoms with Gasteiger partial charge >= 0.3 is 6.18 Å². The second-order valence-corrected chi connectivity index (χ2v) is 5.95. The summed E-state index contributed by atoms with van der Waals surface area (Å²) in [6.45, 7) is -0.690. The van der Waals surface area contributed by atoms with Gasteiger partial charge in [0.1, 0.15) is 18.8 Å². The number of nitrogens with zero attached hydrogens (tertiary/aromatic N) is 1. The number of fused-ring (bicyclic) bond motifs is 1. The van der Waals surface area contributed by atoms with E-state index in [1.54, 1.807) is 12.1 Å². The van der Waals surface area contributed by atoms with Crippen molar-refractivity contribution in [2.75, 3.05) is 19.8 Å². The summed E-state index contributed by atoms with van der Waals surface area (Å²) in [5, 5.41) is 2.93. The van der Waals surface area contributed by atoms with Gasteiger partial charge in [-0.05, 0) is 29.8 Å². The molecule has 1 aliphatic heterocycles. The van der Waals surface area contributed by atoms with E-state index < -0.39 is 24.6 Å². The Bertz CT molecular complexity index is 845. The standard InChI is InChI=1S/C17H14ClF3N2O4/c18-12-6-10(7-13-14(12)26-5-4-25-13)8-23-15(24)11-2-1-3-22-16(11)27-9-17(19,20)21/h1-3,6-7H,4-5,8-9H2,(H,23,24). The molecule has 0 saturated heterocycles. The second-order valence-electron chi connectivity index (χ2n) is 5.54. The molecule has 2 aromatic rings. The third-order valence-electron chi connectivity index (χ3n) is 3.50. The van der Waals surface area contributed by atoms with E-state index in [1.807, 2.05) is 0 Å². The van der Waals surface area contributed by atoms with Crippen LogP contribution < -0.4 is 19.5 Å². The van der Waals surface area contributed by atoms with Crippen molar-refractivity contribution >= 4 is 17.5 Å². The van der Waals surface area contributed by atoms with Crippen molar-refractivity contribution in [3.8, 4) is 17.4 Å². The summed E-state index contributed by atoms with van der Waals surface area (Å²) in [5.41, 5.74) is 0.532. The Labute approximate surface area is 157 Å². The summed E-state index contributed by atoms with van der Waals surface area (Å²) < 4.78 is 52.5. The van der Waals surface area contributed by atoms with Crippen LogP contribution >= 0.6 is 11.6 Å². The fourth-order valence-corrected chi connectivity index (χ4v) is 2.66. The minimum absolute atomic E-state index is 0.0722. The number of nitrogens with one attached hydrogen (secondary N) is 1. The number of ether oxygens (including phenoxy) is 3. The number of carbonyl (C=O) groups excluding carboxylic acids is 1. The molecule has 0 atom stereocenters. The highest BCUT2D eigenvalue weighted by atomic mass is 35.5. The van der Waals surface area contributed by atoms with Crippen LogP contribution in [0, 0.1) is 0 Å². The van der Waals surface area contributed by atoms with Gasteiger partial charge < -0.3 is 19.5 Å². The van der Waals surface area contributed by atoms with Crippen LogP contribution in [0.2, 0.25) is 5.02 Å². The number of rotatable bonds is 5. The van der Waals surface area contributed by atoms with Crippen molar-refractivity contribution in [1.29, 1.82) is 0 Å². The lowest BCUT2D eigenvalue weighted by Gasteiger charge is -2.20. The summed E-state index contributed by atoms with van der Waals surface area (Å²) in [4.78, 5) is 16.0. The van der Waals surface area contributed by atoms with E-state index in [-0.39, 0.29) is 12.1 Å². The molecule has 1 amide bonds. The Hall–Kier alpha value is -2.68. The summed E-state index contributed by atoms with van der Waals surface area (Å²) in [6.07, 6.45) is -3.30. The average molecular weight is 403 g/mol. The number of halogens is 4. The molecule has 0 unspecified atom stereocenters. The number of hydrogen-bond acceptors (Lipinski definition) is 5. The van der Waals surface area contributed by atoms with Gasteiger partial charge in [-0.15, -0.1) is 0 Å². The average Bonchev–Trinajstić information content (AvgIpc) is 2.64. The van der Waals surface area contributed by atoms with Crippen LogP contribution in [-0.4, -0.2) is 36.9 Å². The van der Waals surface area contributed by atoms with Crippen molar-refractivity contribution in [1.82, 2.24) is 10.3 Å². The normalized spacial score (nSPS) is 13.2. The van der Waals surface area contributed by atoms with Gasteiger partial charge in [0.05, 0.1) is 5.02 Å². The van der Waals surface area contributed by atoms with E-state index in [0.717, 1.165) is 0 Å². The Morgan fingerprint density at radius 2 is 2.07 bits per heavy atom. The molecule has 10 heteroatoms. The zero-order valence-electron chi connectivity index (χ0n) is 13.8. The third-order valence-corrected chi connectivity index (χ3v) is 3.78. The van der Waals surface area contributed by atoms with Crippen LogP contribution in [0.5, 0.6) is 17.4 Å². The van der Waals surface area contributed by atoms with Crippen LogP contribution in [0.3, 0.4) is 0 Å². The first-order valence-corrected chi connectivity index (χ1v) is 8.22. The van der Waals surface area contributed by atoms with E-state index >= 15 is 0 Å². The van der Waals surface area contributed by atoms with Gasteiger partial charge in [0.2, 0.25) is 5.88 Å². The molecule has 0 saturated carbocycles. The SMILES string of the molecule is O=C(NCc1cc(Cl)c2c(c1)OCCO2)c1cccnc1OCC(F)(F)F. The van der Waals surface area contributed by atoms with Crippen molar-refractivity contribution in [3.05, 3.63) is 46.6 Å². The van der Waals surface area contributed by atoms with E-state index in [1.165, 1.54) is 18.3 Å². The lowest BCUT2D eigenvalue weighted by molar-refractivity contribution is -0.154. The van der Waals surface area contributed by atoms with Gasteiger partial charge in [-0.3, -0.25) is 4.79 Å². The summed E-state index contributed by atoms with van der Waals surface area (Å²) >= 11 is 6.13. The molecular formula is C17H14ClF3N2O4. The molecule has 6 nitrogen and oxygen atoms in total. The fourth-order valence-electron chi connectivity index (χ4n) is 2.37. The number of benzene rings is 1. The molecule has 1 aromatic heterocycles. The van der Waals surface area contributed by atoms with E-state index in [0.29, 0.717) is 35.3 Å². The van der Waals surface area contributed by atoms with Crippen molar-refractivity contribution in [2.24, 2.45) is 0 Å². The minimum Gasteiger partial charge on any atom is -0.486 e. The van der Waals surface area contributed by atoms with Gasteiger partial charge in [-0.2, -0.15) is 13.2 Å². The molecule has 144 valence electrons. The molecule has 0 spiro atoms. The molecule has 1 N–H and O–H groups in total. The highest BCUT2D eigenvalue weighted by Crippen LogP contribution is 2.38. The monoisotopic (exact) mass is 402 g/mol. The zero-order valence-corrected chi connectivity index (χ0v) is 14.6. The quantitative estimate of drug-likeness (QED) is 0.830. The molecule has 0 fully saturated rings. The highest BCUT2D eigenvalue weighted by molar-refractivity contribution is 6.32. The van der Waals surface area contributed by atoms with Gasteiger partial charge in [-0.25, -0.2) is 4.98 Å². The van der Waals surface area contributed by atoms with Crippen LogP contribution in [0.15, 0.2) is 30.5 Å². The molecule has 27 heavy (non-hydrogen) atoms. The van der Waals surface area contributed by atoms with Gasteiger partial charge in [0, 0.05) is 12.7 Å². The highest BCUT2D eigenvalue weighted by Gasteiger charge is 2.29.